The zero-order valence-corrected chi connectivity index (χ0v) is 9.23. The van der Waals surface area contributed by atoms with Gasteiger partial charge in [0.15, 0.2) is 0 Å². The lowest BCUT2D eigenvalue weighted by Crippen LogP contribution is -2.44. The van der Waals surface area contributed by atoms with Crippen molar-refractivity contribution in [3.05, 3.63) is 29.8 Å². The number of nitrogens with one attached hydrogen (secondary N) is 2. The maximum atomic E-state index is 11.8. The predicted molar refractivity (Wildman–Crippen MR) is 62.2 cm³/mol. The first-order valence-electron chi connectivity index (χ1n) is 5.46. The van der Waals surface area contributed by atoms with Crippen molar-refractivity contribution >= 4 is 11.6 Å². The Hall–Kier alpha value is -1.55. The second-order valence-electron chi connectivity index (χ2n) is 4.15. The molecule has 3 N–H and O–H groups in total. The van der Waals surface area contributed by atoms with Crippen LogP contribution in [-0.4, -0.2) is 29.7 Å². The number of aliphatic hydroxyl groups is 1. The van der Waals surface area contributed by atoms with E-state index in [2.05, 4.69) is 10.6 Å². The average molecular weight is 220 g/mol. The molecule has 2 unspecified atom stereocenters. The summed E-state index contributed by atoms with van der Waals surface area (Å²) in [5.41, 5.74) is 2.19. The van der Waals surface area contributed by atoms with Crippen LogP contribution in [0.3, 0.4) is 0 Å². The summed E-state index contributed by atoms with van der Waals surface area (Å²) in [4.78, 5) is 11.8. The number of amides is 1. The van der Waals surface area contributed by atoms with Crippen molar-refractivity contribution in [2.45, 2.75) is 25.4 Å². The lowest BCUT2D eigenvalue weighted by molar-refractivity contribution is -0.122. The lowest BCUT2D eigenvalue weighted by Gasteiger charge is -2.15. The molecule has 1 aliphatic heterocycles. The molecule has 0 aromatic heterocycles. The van der Waals surface area contributed by atoms with Gasteiger partial charge in [0, 0.05) is 18.2 Å². The molecule has 16 heavy (non-hydrogen) atoms. The minimum atomic E-state index is -0.216. The van der Waals surface area contributed by atoms with E-state index in [0.29, 0.717) is 6.42 Å². The predicted octanol–water partition coefficient (Wildman–Crippen LogP) is 0.520. The third-order valence-electron chi connectivity index (χ3n) is 2.75. The van der Waals surface area contributed by atoms with E-state index in [0.717, 1.165) is 5.69 Å². The Morgan fingerprint density at radius 1 is 1.62 bits per heavy atom. The first kappa shape index (κ1) is 11.0. The summed E-state index contributed by atoms with van der Waals surface area (Å²) < 4.78 is 0. The fourth-order valence-electron chi connectivity index (χ4n) is 1.85. The van der Waals surface area contributed by atoms with Crippen molar-refractivity contribution in [2.24, 2.45) is 0 Å². The minimum absolute atomic E-state index is 0.0363. The van der Waals surface area contributed by atoms with Crippen molar-refractivity contribution in [3.8, 4) is 0 Å². The van der Waals surface area contributed by atoms with Gasteiger partial charge in [-0.1, -0.05) is 18.2 Å². The smallest absolute Gasteiger partial charge is 0.243 e. The molecule has 86 valence electrons. The van der Waals surface area contributed by atoms with Gasteiger partial charge < -0.3 is 15.7 Å². The van der Waals surface area contributed by atoms with Crippen LogP contribution in [0, 0.1) is 0 Å². The number of anilines is 1. The van der Waals surface area contributed by atoms with Crippen LogP contribution in [0.25, 0.3) is 0 Å². The molecule has 1 aliphatic rings. The normalized spacial score (nSPS) is 19.8. The van der Waals surface area contributed by atoms with E-state index in [1.807, 2.05) is 24.3 Å². The molecule has 0 saturated carbocycles. The van der Waals surface area contributed by atoms with Gasteiger partial charge in [0.25, 0.3) is 0 Å². The van der Waals surface area contributed by atoms with Gasteiger partial charge in [-0.15, -0.1) is 0 Å². The van der Waals surface area contributed by atoms with E-state index >= 15 is 0 Å². The molecule has 1 aromatic carbocycles. The fraction of sp³-hybridized carbons (Fsp3) is 0.417. The van der Waals surface area contributed by atoms with Gasteiger partial charge in [-0.2, -0.15) is 0 Å². The molecular formula is C12H16N2O2. The van der Waals surface area contributed by atoms with Crippen LogP contribution in [0.2, 0.25) is 0 Å². The molecule has 4 nitrogen and oxygen atoms in total. The Bertz CT molecular complexity index is 367. The highest BCUT2D eigenvalue weighted by Gasteiger charge is 2.26. The summed E-state index contributed by atoms with van der Waals surface area (Å²) in [7, 11) is 0. The molecule has 2 atom stereocenters. The SMILES string of the molecule is CC(CO)NC(=O)C1Cc2ccccc2N1. The quantitative estimate of drug-likeness (QED) is 0.696. The topological polar surface area (TPSA) is 61.4 Å². The van der Waals surface area contributed by atoms with Crippen molar-refractivity contribution in [1.29, 1.82) is 0 Å². The number of hydrogen-bond acceptors (Lipinski definition) is 3. The second kappa shape index (κ2) is 4.53. The Morgan fingerprint density at radius 2 is 2.38 bits per heavy atom. The molecule has 0 saturated heterocycles. The monoisotopic (exact) mass is 220 g/mol. The molecule has 0 radical (unpaired) electrons. The van der Waals surface area contributed by atoms with Gasteiger partial charge >= 0.3 is 0 Å². The number of para-hydroxylation sites is 1. The maximum absolute atomic E-state index is 11.8. The largest absolute Gasteiger partial charge is 0.394 e. The fourth-order valence-corrected chi connectivity index (χ4v) is 1.85. The number of carbonyl (C=O) groups is 1. The third-order valence-corrected chi connectivity index (χ3v) is 2.75. The van der Waals surface area contributed by atoms with Crippen molar-refractivity contribution < 1.29 is 9.90 Å². The Morgan fingerprint density at radius 3 is 3.06 bits per heavy atom. The average Bonchev–Trinajstić information content (AvgIpc) is 2.72. The van der Waals surface area contributed by atoms with Crippen LogP contribution >= 0.6 is 0 Å². The van der Waals surface area contributed by atoms with Gasteiger partial charge in [-0.3, -0.25) is 4.79 Å². The number of hydrogen-bond donors (Lipinski definition) is 3. The first-order valence-corrected chi connectivity index (χ1v) is 5.46. The van der Waals surface area contributed by atoms with Gasteiger partial charge in [-0.25, -0.2) is 0 Å². The van der Waals surface area contributed by atoms with E-state index in [1.165, 1.54) is 5.56 Å². The summed E-state index contributed by atoms with van der Waals surface area (Å²) in [6.45, 7) is 1.74. The zero-order chi connectivity index (χ0) is 11.5. The summed E-state index contributed by atoms with van der Waals surface area (Å²) in [5, 5.41) is 14.8. The standard InChI is InChI=1S/C12H16N2O2/c1-8(7-15)13-12(16)11-6-9-4-2-3-5-10(9)14-11/h2-5,8,11,14-15H,6-7H2,1H3,(H,13,16). The number of fused-ring (bicyclic) bond motifs is 1. The van der Waals surface area contributed by atoms with E-state index in [9.17, 15) is 4.79 Å². The molecule has 0 bridgehead atoms. The Kier molecular flexibility index (Phi) is 3.10. The number of carbonyl (C=O) groups excluding carboxylic acids is 1. The molecule has 4 heteroatoms. The van der Waals surface area contributed by atoms with Gasteiger partial charge in [0.1, 0.15) is 6.04 Å². The second-order valence-corrected chi connectivity index (χ2v) is 4.15. The molecule has 0 spiro atoms. The molecular weight excluding hydrogens is 204 g/mol. The van der Waals surface area contributed by atoms with E-state index in [4.69, 9.17) is 5.11 Å². The van der Waals surface area contributed by atoms with Crippen molar-refractivity contribution in [1.82, 2.24) is 5.32 Å². The summed E-state index contributed by atoms with van der Waals surface area (Å²) in [5.74, 6) is -0.0576. The number of rotatable bonds is 3. The summed E-state index contributed by atoms with van der Waals surface area (Å²) in [6.07, 6.45) is 0.708. The van der Waals surface area contributed by atoms with E-state index in [-0.39, 0.29) is 24.6 Å². The lowest BCUT2D eigenvalue weighted by atomic mass is 10.1. The van der Waals surface area contributed by atoms with Gasteiger partial charge in [0.2, 0.25) is 5.91 Å². The Labute approximate surface area is 94.7 Å². The van der Waals surface area contributed by atoms with Gasteiger partial charge in [-0.05, 0) is 18.6 Å². The number of benzene rings is 1. The van der Waals surface area contributed by atoms with E-state index < -0.39 is 0 Å². The maximum Gasteiger partial charge on any atom is 0.243 e. The van der Waals surface area contributed by atoms with Crippen LogP contribution < -0.4 is 10.6 Å². The van der Waals surface area contributed by atoms with Crippen LogP contribution in [0.15, 0.2) is 24.3 Å². The van der Waals surface area contributed by atoms with Crippen LogP contribution in [-0.2, 0) is 11.2 Å². The minimum Gasteiger partial charge on any atom is -0.394 e. The van der Waals surface area contributed by atoms with E-state index in [1.54, 1.807) is 6.92 Å². The molecule has 1 heterocycles. The summed E-state index contributed by atoms with van der Waals surface area (Å²) in [6, 6.07) is 7.49. The highest BCUT2D eigenvalue weighted by Crippen LogP contribution is 2.24. The highest BCUT2D eigenvalue weighted by atomic mass is 16.3. The van der Waals surface area contributed by atoms with Crippen molar-refractivity contribution in [2.75, 3.05) is 11.9 Å². The van der Waals surface area contributed by atoms with Crippen LogP contribution in [0.1, 0.15) is 12.5 Å². The van der Waals surface area contributed by atoms with Crippen molar-refractivity contribution in [3.63, 3.8) is 0 Å². The zero-order valence-electron chi connectivity index (χ0n) is 9.23. The molecule has 0 aliphatic carbocycles. The first-order chi connectivity index (χ1) is 7.70. The van der Waals surface area contributed by atoms with Crippen LogP contribution in [0.5, 0.6) is 0 Å². The summed E-state index contributed by atoms with van der Waals surface area (Å²) >= 11 is 0. The van der Waals surface area contributed by atoms with Gasteiger partial charge in [0.05, 0.1) is 6.61 Å². The molecule has 2 rings (SSSR count). The molecule has 0 fully saturated rings. The number of aliphatic hydroxyl groups excluding tert-OH is 1. The highest BCUT2D eigenvalue weighted by molar-refractivity contribution is 5.87. The Balaban J connectivity index is 1.98. The third kappa shape index (κ3) is 2.17. The van der Waals surface area contributed by atoms with Crippen LogP contribution in [0.4, 0.5) is 5.69 Å². The molecule has 1 aromatic rings. The molecule has 1 amide bonds.